The van der Waals surface area contributed by atoms with Crippen LogP contribution in [0.25, 0.3) is 5.69 Å². The molecule has 2 aliphatic rings. The van der Waals surface area contributed by atoms with E-state index >= 15 is 0 Å². The number of nitrogens with zero attached hydrogens (tertiary/aromatic N) is 7. The maximum Gasteiger partial charge on any atom is 0.230 e. The van der Waals surface area contributed by atoms with E-state index in [9.17, 15) is 0 Å². The molecule has 8 heteroatoms. The molecule has 3 aromatic rings. The third-order valence-corrected chi connectivity index (χ3v) is 6.82. The van der Waals surface area contributed by atoms with Gasteiger partial charge in [-0.05, 0) is 61.3 Å². The van der Waals surface area contributed by atoms with Crippen molar-refractivity contribution in [3.8, 4) is 5.69 Å². The van der Waals surface area contributed by atoms with E-state index in [0.717, 1.165) is 68.9 Å². The van der Waals surface area contributed by atoms with Gasteiger partial charge in [0.15, 0.2) is 0 Å². The zero-order valence-electron chi connectivity index (χ0n) is 18.5. The summed E-state index contributed by atoms with van der Waals surface area (Å²) in [5.74, 6) is 0.984. The Balaban J connectivity index is 1.31. The number of hydrogen-bond acceptors (Lipinski definition) is 6. The van der Waals surface area contributed by atoms with E-state index in [1.54, 1.807) is 0 Å². The highest BCUT2D eigenvalue weighted by Crippen LogP contribution is 2.23. The average Bonchev–Trinajstić information content (AvgIpc) is 3.18. The van der Waals surface area contributed by atoms with Gasteiger partial charge in [0.05, 0.1) is 12.4 Å². The van der Waals surface area contributed by atoms with E-state index in [1.807, 2.05) is 23.1 Å². The minimum atomic E-state index is 0.739. The number of piperazine rings is 1. The van der Waals surface area contributed by atoms with Gasteiger partial charge in [0.25, 0.3) is 0 Å². The molecule has 0 saturated carbocycles. The number of rotatable bonds is 6. The molecule has 2 fully saturated rings. The van der Waals surface area contributed by atoms with E-state index in [2.05, 4.69) is 60.6 Å². The fourth-order valence-corrected chi connectivity index (χ4v) is 4.90. The summed E-state index contributed by atoms with van der Waals surface area (Å²) in [4.78, 5) is 11.5. The van der Waals surface area contributed by atoms with Gasteiger partial charge in [0.2, 0.25) is 10.7 Å². The van der Waals surface area contributed by atoms with Gasteiger partial charge >= 0.3 is 0 Å². The Kier molecular flexibility index (Phi) is 6.61. The van der Waals surface area contributed by atoms with Gasteiger partial charge in [0, 0.05) is 58.2 Å². The van der Waals surface area contributed by atoms with Crippen molar-refractivity contribution in [2.45, 2.75) is 32.5 Å². The highest BCUT2D eigenvalue weighted by atomic mass is 32.1. The number of anilines is 1. The molecule has 4 heterocycles. The third kappa shape index (κ3) is 4.77. The quantitative estimate of drug-likeness (QED) is 0.536. The SMILES string of the molecule is S=c1n(CN2CCN(Cc3ccncc3)CC2)nc(N2CCCCC2)n1-c1ccccc1. The standard InChI is InChI=1S/C24H31N7S/c32-24-30(20-28-17-15-27(16-18-28)19-21-9-11-25-12-10-21)26-23(29-13-5-2-6-14-29)31(24)22-7-3-1-4-8-22/h1,3-4,7-12H,2,5-6,13-20H2. The second-order valence-corrected chi connectivity index (χ2v) is 9.06. The van der Waals surface area contributed by atoms with Crippen LogP contribution in [0.3, 0.4) is 0 Å². The first kappa shape index (κ1) is 21.3. The van der Waals surface area contributed by atoms with Crippen LogP contribution in [0.2, 0.25) is 0 Å². The first-order valence-corrected chi connectivity index (χ1v) is 12.0. The fraction of sp³-hybridized carbons (Fsp3) is 0.458. The van der Waals surface area contributed by atoms with Crippen LogP contribution in [0.1, 0.15) is 24.8 Å². The Bertz CT molecular complexity index is 1050. The second-order valence-electron chi connectivity index (χ2n) is 8.69. The monoisotopic (exact) mass is 449 g/mol. The summed E-state index contributed by atoms with van der Waals surface area (Å²) in [6.45, 7) is 7.95. The molecule has 0 spiro atoms. The van der Waals surface area contributed by atoms with Gasteiger partial charge in [-0.25, -0.2) is 4.68 Å². The smallest absolute Gasteiger partial charge is 0.230 e. The Hall–Kier alpha value is -2.55. The lowest BCUT2D eigenvalue weighted by Gasteiger charge is -2.34. The minimum absolute atomic E-state index is 0.739. The van der Waals surface area contributed by atoms with Crippen molar-refractivity contribution in [2.24, 2.45) is 0 Å². The van der Waals surface area contributed by atoms with Crippen LogP contribution < -0.4 is 4.90 Å². The van der Waals surface area contributed by atoms with Gasteiger partial charge in [-0.3, -0.25) is 19.4 Å². The molecule has 0 unspecified atom stereocenters. The van der Waals surface area contributed by atoms with Crippen molar-refractivity contribution in [3.05, 3.63) is 65.2 Å². The van der Waals surface area contributed by atoms with Crippen LogP contribution in [0.5, 0.6) is 0 Å². The molecule has 2 saturated heterocycles. The summed E-state index contributed by atoms with van der Waals surface area (Å²) < 4.78 is 4.95. The van der Waals surface area contributed by atoms with Gasteiger partial charge in [0.1, 0.15) is 0 Å². The lowest BCUT2D eigenvalue weighted by molar-refractivity contribution is 0.0981. The Morgan fingerprint density at radius 2 is 1.47 bits per heavy atom. The Morgan fingerprint density at radius 3 is 2.19 bits per heavy atom. The van der Waals surface area contributed by atoms with Crippen molar-refractivity contribution in [3.63, 3.8) is 0 Å². The van der Waals surface area contributed by atoms with E-state index in [0.29, 0.717) is 0 Å². The lowest BCUT2D eigenvalue weighted by Crippen LogP contribution is -2.46. The maximum absolute atomic E-state index is 5.94. The molecule has 1 aromatic carbocycles. The lowest BCUT2D eigenvalue weighted by atomic mass is 10.1. The molecule has 0 bridgehead atoms. The van der Waals surface area contributed by atoms with E-state index in [1.165, 1.54) is 24.8 Å². The topological polar surface area (TPSA) is 45.4 Å². The van der Waals surface area contributed by atoms with Gasteiger partial charge < -0.3 is 4.90 Å². The van der Waals surface area contributed by atoms with Gasteiger partial charge in [-0.2, -0.15) is 0 Å². The number of para-hydroxylation sites is 1. The van der Waals surface area contributed by atoms with Crippen molar-refractivity contribution in [1.82, 2.24) is 29.1 Å². The molecule has 168 valence electrons. The summed E-state index contributed by atoms with van der Waals surface area (Å²) in [6, 6.07) is 14.6. The zero-order valence-corrected chi connectivity index (χ0v) is 19.3. The zero-order chi connectivity index (χ0) is 21.8. The predicted molar refractivity (Wildman–Crippen MR) is 130 cm³/mol. The summed E-state index contributed by atoms with van der Waals surface area (Å²) in [5, 5.41) is 5.03. The van der Waals surface area contributed by atoms with Crippen molar-refractivity contribution in [1.29, 1.82) is 0 Å². The Morgan fingerprint density at radius 1 is 0.781 bits per heavy atom. The van der Waals surface area contributed by atoms with Gasteiger partial charge in [-0.1, -0.05) is 18.2 Å². The van der Waals surface area contributed by atoms with Gasteiger partial charge in [-0.15, -0.1) is 5.10 Å². The first-order chi connectivity index (χ1) is 15.8. The largest absolute Gasteiger partial charge is 0.341 e. The number of piperidine rings is 1. The molecule has 32 heavy (non-hydrogen) atoms. The highest BCUT2D eigenvalue weighted by Gasteiger charge is 2.23. The maximum atomic E-state index is 5.94. The predicted octanol–water partition coefficient (Wildman–Crippen LogP) is 3.56. The molecule has 0 atom stereocenters. The van der Waals surface area contributed by atoms with Crippen molar-refractivity contribution < 1.29 is 0 Å². The van der Waals surface area contributed by atoms with E-state index in [-0.39, 0.29) is 0 Å². The van der Waals surface area contributed by atoms with Crippen LogP contribution in [0.15, 0.2) is 54.9 Å². The summed E-state index contributed by atoms with van der Waals surface area (Å²) in [6.07, 6.45) is 7.47. The highest BCUT2D eigenvalue weighted by molar-refractivity contribution is 7.71. The number of aromatic nitrogens is 4. The summed E-state index contributed by atoms with van der Waals surface area (Å²) in [7, 11) is 0. The summed E-state index contributed by atoms with van der Waals surface area (Å²) >= 11 is 5.94. The molecule has 2 aliphatic heterocycles. The van der Waals surface area contributed by atoms with E-state index in [4.69, 9.17) is 17.3 Å². The Labute approximate surface area is 194 Å². The molecule has 7 nitrogen and oxygen atoms in total. The number of hydrogen-bond donors (Lipinski definition) is 0. The summed E-state index contributed by atoms with van der Waals surface area (Å²) in [5.41, 5.74) is 2.41. The van der Waals surface area contributed by atoms with Crippen LogP contribution in [0.4, 0.5) is 5.95 Å². The van der Waals surface area contributed by atoms with Crippen molar-refractivity contribution in [2.75, 3.05) is 44.2 Å². The minimum Gasteiger partial charge on any atom is -0.341 e. The fourth-order valence-electron chi connectivity index (χ4n) is 4.61. The molecule has 2 aromatic heterocycles. The number of benzene rings is 1. The molecule has 0 amide bonds. The molecule has 5 rings (SSSR count). The number of pyridine rings is 1. The second kappa shape index (κ2) is 9.94. The molecule has 0 N–H and O–H groups in total. The molecular weight excluding hydrogens is 418 g/mol. The first-order valence-electron chi connectivity index (χ1n) is 11.6. The molecule has 0 aliphatic carbocycles. The van der Waals surface area contributed by atoms with E-state index < -0.39 is 0 Å². The third-order valence-electron chi connectivity index (χ3n) is 6.43. The molecule has 0 radical (unpaired) electrons. The van der Waals surface area contributed by atoms with Crippen LogP contribution >= 0.6 is 12.2 Å². The normalized spacial score (nSPS) is 18.2. The van der Waals surface area contributed by atoms with Crippen LogP contribution in [0, 0.1) is 4.77 Å². The van der Waals surface area contributed by atoms with Crippen LogP contribution in [-0.4, -0.2) is 68.4 Å². The van der Waals surface area contributed by atoms with Crippen LogP contribution in [-0.2, 0) is 13.2 Å². The van der Waals surface area contributed by atoms with Crippen molar-refractivity contribution >= 4 is 18.2 Å². The average molecular weight is 450 g/mol. The molecular formula is C24H31N7S.